The van der Waals surface area contributed by atoms with Gasteiger partial charge in [-0.25, -0.2) is 3.87 Å². The molecular weight excluding hydrogens is 170 g/mol. The first-order valence-electron chi connectivity index (χ1n) is 1.65. The largest absolute Gasteiger partial charge is 0.561 e. The van der Waals surface area contributed by atoms with E-state index < -0.39 is 24.9 Å². The van der Waals surface area contributed by atoms with Gasteiger partial charge in [0.05, 0.1) is 0 Å². The predicted octanol–water partition coefficient (Wildman–Crippen LogP) is -1.92. The summed E-state index contributed by atoms with van der Waals surface area (Å²) < 4.78 is 29.5. The third-order valence-electron chi connectivity index (χ3n) is 0.307. The molecule has 0 amide bonds. The van der Waals surface area contributed by atoms with Crippen LogP contribution < -0.4 is 0 Å². The van der Waals surface area contributed by atoms with Crippen molar-refractivity contribution in [2.45, 2.75) is 0 Å². The Kier molecular flexibility index (Phi) is 2.70. The molecule has 0 aliphatic rings. The van der Waals surface area contributed by atoms with Crippen LogP contribution >= 0.6 is 0 Å². The van der Waals surface area contributed by atoms with E-state index in [-0.39, 0.29) is 0 Å². The average molecular weight is 173 g/mol. The van der Waals surface area contributed by atoms with Crippen molar-refractivity contribution < 1.29 is 21.4 Å². The van der Waals surface area contributed by atoms with Gasteiger partial charge in [0.1, 0.15) is 0 Å². The maximum atomic E-state index is 9.60. The van der Waals surface area contributed by atoms with E-state index in [1.54, 1.807) is 0 Å². The summed E-state index contributed by atoms with van der Waals surface area (Å²) in [5.41, 5.74) is 0. The fourth-order valence-electron chi connectivity index (χ4n) is 0.110. The lowest BCUT2D eigenvalue weighted by Crippen LogP contribution is -2.15. The molecule has 0 bridgehead atoms. The van der Waals surface area contributed by atoms with Gasteiger partial charge in [-0.05, 0) is 4.59 Å². The van der Waals surface area contributed by atoms with E-state index >= 15 is 0 Å². The second kappa shape index (κ2) is 2.86. The van der Waals surface area contributed by atoms with Crippen LogP contribution in [0.5, 0.6) is 0 Å². The molecule has 0 aromatic rings. The normalized spacial score (nSPS) is 12.6. The maximum absolute atomic E-state index is 9.60. The highest BCUT2D eigenvalue weighted by Gasteiger charge is 2.10. The van der Waals surface area contributed by atoms with Gasteiger partial charge in [-0.3, -0.25) is 14.7 Å². The van der Waals surface area contributed by atoms with Gasteiger partial charge in [0.2, 0.25) is 0 Å². The Morgan fingerprint density at radius 3 is 2.22 bits per heavy atom. The minimum atomic E-state index is -4.60. The molecule has 9 heavy (non-hydrogen) atoms. The lowest BCUT2D eigenvalue weighted by Gasteiger charge is -1.89. The summed E-state index contributed by atoms with van der Waals surface area (Å²) >= 11 is 0. The minimum absolute atomic E-state index is 0.895. The van der Waals surface area contributed by atoms with Crippen molar-refractivity contribution >= 4 is 20.3 Å². The van der Waals surface area contributed by atoms with Crippen LogP contribution in [0.25, 0.3) is 0 Å². The molecule has 0 saturated carbocycles. The van der Waals surface area contributed by atoms with E-state index in [4.69, 9.17) is 4.55 Å². The molecule has 54 valence electrons. The van der Waals surface area contributed by atoms with Crippen LogP contribution in [0.15, 0.2) is 0 Å². The maximum Gasteiger partial charge on any atom is 0.561 e. The van der Waals surface area contributed by atoms with Gasteiger partial charge < -0.3 is 0 Å². The molecule has 0 aromatic carbocycles. The summed E-state index contributed by atoms with van der Waals surface area (Å²) in [4.78, 5) is 9.41. The Labute approximate surface area is 52.8 Å². The van der Waals surface area contributed by atoms with Gasteiger partial charge in [0, 0.05) is 0 Å². The molecule has 0 aliphatic heterocycles. The fraction of sp³-hybridized carbons (Fsp3) is 0. The van der Waals surface area contributed by atoms with Crippen LogP contribution in [0.1, 0.15) is 0 Å². The average Bonchev–Trinajstić information content (AvgIpc) is 1.59. The molecule has 0 aromatic heterocycles. The lowest BCUT2D eigenvalue weighted by molar-refractivity contribution is -0.334. The van der Waals surface area contributed by atoms with E-state index in [2.05, 4.69) is 3.87 Å². The van der Waals surface area contributed by atoms with Gasteiger partial charge in [0.15, 0.2) is 0 Å². The van der Waals surface area contributed by atoms with Crippen molar-refractivity contribution in [2.75, 3.05) is 0 Å². The standard InChI is InChI=1S/H3NO6SSi/c2-1(3)9-7-8(4,5)6/h9H2,(H,4,5,6). The lowest BCUT2D eigenvalue weighted by atomic mass is 13.4. The summed E-state index contributed by atoms with van der Waals surface area (Å²) in [6, 6.07) is 0. The molecule has 0 heterocycles. The van der Waals surface area contributed by atoms with Crippen LogP contribution in [0, 0.1) is 10.1 Å². The second-order valence-electron chi connectivity index (χ2n) is 1.01. The second-order valence-corrected chi connectivity index (χ2v) is 3.58. The minimum Gasteiger partial charge on any atom is -0.288 e. The van der Waals surface area contributed by atoms with E-state index in [0.717, 1.165) is 0 Å². The summed E-state index contributed by atoms with van der Waals surface area (Å²) in [7, 11) is -6.97. The van der Waals surface area contributed by atoms with Crippen LogP contribution in [-0.2, 0) is 14.3 Å². The van der Waals surface area contributed by atoms with Crippen LogP contribution in [0.4, 0.5) is 0 Å². The zero-order chi connectivity index (χ0) is 7.49. The first-order chi connectivity index (χ1) is 3.92. The van der Waals surface area contributed by atoms with Crippen molar-refractivity contribution in [3.8, 4) is 0 Å². The zero-order valence-electron chi connectivity index (χ0n) is 4.05. The first-order valence-corrected chi connectivity index (χ1v) is 4.23. The topological polar surface area (TPSA) is 107 Å². The molecule has 7 nitrogen and oxygen atoms in total. The van der Waals surface area contributed by atoms with Crippen molar-refractivity contribution in [2.24, 2.45) is 0 Å². The monoisotopic (exact) mass is 173 g/mol. The molecule has 0 saturated heterocycles. The Balaban J connectivity index is 3.67. The first kappa shape index (κ1) is 8.49. The van der Waals surface area contributed by atoms with E-state index in [9.17, 15) is 18.5 Å². The van der Waals surface area contributed by atoms with Crippen LogP contribution in [-0.4, -0.2) is 27.5 Å². The Morgan fingerprint density at radius 1 is 1.67 bits per heavy atom. The van der Waals surface area contributed by atoms with Crippen molar-refractivity contribution in [3.05, 3.63) is 10.1 Å². The molecule has 0 fully saturated rings. The van der Waals surface area contributed by atoms with Gasteiger partial charge in [-0.2, -0.15) is 8.42 Å². The van der Waals surface area contributed by atoms with Crippen LogP contribution in [0.2, 0.25) is 0 Å². The zero-order valence-corrected chi connectivity index (χ0v) is 6.28. The Bertz CT molecular complexity index is 191. The predicted molar refractivity (Wildman–Crippen MR) is 28.2 cm³/mol. The number of hydrogen-bond acceptors (Lipinski definition) is 5. The Morgan fingerprint density at radius 2 is 2.11 bits per heavy atom. The molecular formula is H3NO6SSi. The Hall–Kier alpha value is -0.513. The quantitative estimate of drug-likeness (QED) is 0.231. The van der Waals surface area contributed by atoms with E-state index in [0.29, 0.717) is 0 Å². The van der Waals surface area contributed by atoms with Crippen molar-refractivity contribution in [1.29, 1.82) is 0 Å². The van der Waals surface area contributed by atoms with Gasteiger partial charge in [0.25, 0.3) is 0 Å². The fourth-order valence-corrected chi connectivity index (χ4v) is 0.987. The van der Waals surface area contributed by atoms with Gasteiger partial charge >= 0.3 is 20.3 Å². The highest BCUT2D eigenvalue weighted by molar-refractivity contribution is 7.81. The molecule has 0 rings (SSSR count). The SMILES string of the molecule is O=[N+]([O-])[SiH2]OS(=O)(=O)O. The molecule has 9 heteroatoms. The van der Waals surface area contributed by atoms with Crippen molar-refractivity contribution in [1.82, 2.24) is 0 Å². The molecule has 1 N–H and O–H groups in total. The number of nitro groups is 1. The third kappa shape index (κ3) is 7.49. The number of nitrogens with zero attached hydrogens (tertiary/aromatic N) is 1. The third-order valence-corrected chi connectivity index (χ3v) is 2.13. The van der Waals surface area contributed by atoms with Gasteiger partial charge in [-0.15, -0.1) is 0 Å². The summed E-state index contributed by atoms with van der Waals surface area (Å²) in [6.07, 6.45) is 0. The number of hydrogen-bond donors (Lipinski definition) is 1. The smallest absolute Gasteiger partial charge is 0.288 e. The summed E-state index contributed by atoms with van der Waals surface area (Å²) in [5, 5.41) is 9.41. The molecule has 0 radical (unpaired) electrons. The highest BCUT2D eigenvalue weighted by atomic mass is 32.3. The summed E-state index contributed by atoms with van der Waals surface area (Å²) in [6.45, 7) is 0. The molecule has 0 unspecified atom stereocenters. The molecule has 0 spiro atoms. The molecule has 0 atom stereocenters. The van der Waals surface area contributed by atoms with E-state index in [1.165, 1.54) is 0 Å². The van der Waals surface area contributed by atoms with Crippen LogP contribution in [0.3, 0.4) is 0 Å². The van der Waals surface area contributed by atoms with E-state index in [1.807, 2.05) is 0 Å². The summed E-state index contributed by atoms with van der Waals surface area (Å²) in [5.74, 6) is 0. The highest BCUT2D eigenvalue weighted by Crippen LogP contribution is 1.81. The van der Waals surface area contributed by atoms with Gasteiger partial charge in [-0.1, -0.05) is 0 Å². The molecule has 0 aliphatic carbocycles. The number of rotatable bonds is 3. The van der Waals surface area contributed by atoms with Crippen molar-refractivity contribution in [3.63, 3.8) is 0 Å².